The molecule has 0 saturated carbocycles. The predicted octanol–water partition coefficient (Wildman–Crippen LogP) is 1.50. The van der Waals surface area contributed by atoms with Gasteiger partial charge in [0.05, 0.1) is 14.2 Å². The van der Waals surface area contributed by atoms with Crippen molar-refractivity contribution in [3.05, 3.63) is 19.3 Å². The molecular formula is C8H8I2N2O3S. The van der Waals surface area contributed by atoms with Crippen molar-refractivity contribution in [1.82, 2.24) is 0 Å². The van der Waals surface area contributed by atoms with Gasteiger partial charge in [0.2, 0.25) is 15.9 Å². The van der Waals surface area contributed by atoms with E-state index >= 15 is 0 Å². The van der Waals surface area contributed by atoms with Crippen LogP contribution >= 0.6 is 45.2 Å². The summed E-state index contributed by atoms with van der Waals surface area (Å²) in [5.74, 6) is -0.211. The summed E-state index contributed by atoms with van der Waals surface area (Å²) in [6.07, 6.45) is 0. The molecule has 1 aromatic rings. The van der Waals surface area contributed by atoms with Crippen molar-refractivity contribution >= 4 is 66.8 Å². The Hall–Kier alpha value is 0.0600. The molecule has 0 radical (unpaired) electrons. The van der Waals surface area contributed by atoms with Gasteiger partial charge in [0.1, 0.15) is 0 Å². The molecule has 88 valence electrons. The average Bonchev–Trinajstić information content (AvgIpc) is 2.10. The van der Waals surface area contributed by atoms with E-state index in [0.717, 1.165) is 0 Å². The summed E-state index contributed by atoms with van der Waals surface area (Å²) in [4.78, 5) is 11.0. The fourth-order valence-corrected chi connectivity index (χ4v) is 3.83. The van der Waals surface area contributed by atoms with Gasteiger partial charge in [0.15, 0.2) is 0 Å². The number of carbonyl (C=O) groups is 1. The molecule has 3 N–H and O–H groups in total. The fourth-order valence-electron chi connectivity index (χ4n) is 1.04. The van der Waals surface area contributed by atoms with Crippen molar-refractivity contribution < 1.29 is 13.2 Å². The van der Waals surface area contributed by atoms with E-state index in [2.05, 4.69) is 5.32 Å². The van der Waals surface area contributed by atoms with E-state index in [-0.39, 0.29) is 10.8 Å². The van der Waals surface area contributed by atoms with Crippen LogP contribution in [0.3, 0.4) is 0 Å². The summed E-state index contributed by atoms with van der Waals surface area (Å²) >= 11 is 3.85. The van der Waals surface area contributed by atoms with E-state index in [4.69, 9.17) is 5.14 Å². The third kappa shape index (κ3) is 3.28. The van der Waals surface area contributed by atoms with Crippen molar-refractivity contribution in [3.63, 3.8) is 0 Å². The Morgan fingerprint density at radius 3 is 2.31 bits per heavy atom. The van der Waals surface area contributed by atoms with Crippen LogP contribution in [0.1, 0.15) is 6.92 Å². The minimum Gasteiger partial charge on any atom is -0.325 e. The largest absolute Gasteiger partial charge is 0.325 e. The van der Waals surface area contributed by atoms with Gasteiger partial charge < -0.3 is 5.32 Å². The SMILES string of the molecule is CC(=O)Nc1ccc(S(N)(=O)=O)c(I)c1I. The molecule has 5 nitrogen and oxygen atoms in total. The van der Waals surface area contributed by atoms with Crippen molar-refractivity contribution in [2.75, 3.05) is 5.32 Å². The molecule has 0 fully saturated rings. The third-order valence-electron chi connectivity index (χ3n) is 1.66. The van der Waals surface area contributed by atoms with Crippen LogP contribution in [0.5, 0.6) is 0 Å². The lowest BCUT2D eigenvalue weighted by molar-refractivity contribution is -0.114. The molecule has 1 aromatic carbocycles. The standard InChI is InChI=1S/C8H8I2N2O3S/c1-4(13)12-5-2-3-6(16(11,14)15)8(10)7(5)9/h2-3H,1H3,(H,12,13)(H2,11,14,15). The highest BCUT2D eigenvalue weighted by Crippen LogP contribution is 2.28. The zero-order valence-electron chi connectivity index (χ0n) is 8.12. The molecule has 0 spiro atoms. The lowest BCUT2D eigenvalue weighted by Gasteiger charge is -2.09. The molecule has 0 aliphatic heterocycles. The molecular weight excluding hydrogens is 458 g/mol. The number of nitrogens with one attached hydrogen (secondary N) is 1. The molecule has 0 unspecified atom stereocenters. The number of nitrogens with two attached hydrogens (primary N) is 1. The Bertz CT molecular complexity index is 542. The predicted molar refractivity (Wildman–Crippen MR) is 77.6 cm³/mol. The normalized spacial score (nSPS) is 11.2. The highest BCUT2D eigenvalue weighted by atomic mass is 127. The van der Waals surface area contributed by atoms with Crippen LogP contribution in [0.4, 0.5) is 5.69 Å². The van der Waals surface area contributed by atoms with Gasteiger partial charge in [-0.15, -0.1) is 0 Å². The van der Waals surface area contributed by atoms with Crippen LogP contribution < -0.4 is 10.5 Å². The molecule has 1 rings (SSSR count). The monoisotopic (exact) mass is 466 g/mol. The second-order valence-corrected chi connectivity index (χ2v) is 6.65. The van der Waals surface area contributed by atoms with Crippen molar-refractivity contribution in [2.45, 2.75) is 11.8 Å². The van der Waals surface area contributed by atoms with Crippen LogP contribution in [0, 0.1) is 7.14 Å². The first-order chi connectivity index (χ1) is 7.23. The van der Waals surface area contributed by atoms with Crippen LogP contribution in [0.2, 0.25) is 0 Å². The van der Waals surface area contributed by atoms with Crippen molar-refractivity contribution in [1.29, 1.82) is 0 Å². The van der Waals surface area contributed by atoms with E-state index in [9.17, 15) is 13.2 Å². The average molecular weight is 466 g/mol. The van der Waals surface area contributed by atoms with Gasteiger partial charge in [0, 0.05) is 10.5 Å². The Labute approximate surface area is 120 Å². The first-order valence-corrected chi connectivity index (χ1v) is 7.72. The molecule has 0 heterocycles. The van der Waals surface area contributed by atoms with Crippen molar-refractivity contribution in [2.24, 2.45) is 5.14 Å². The summed E-state index contributed by atoms with van der Waals surface area (Å²) in [5.41, 5.74) is 0.574. The molecule has 0 atom stereocenters. The van der Waals surface area contributed by atoms with Gasteiger partial charge in [-0.1, -0.05) is 0 Å². The van der Waals surface area contributed by atoms with E-state index in [1.807, 2.05) is 45.2 Å². The van der Waals surface area contributed by atoms with E-state index in [0.29, 0.717) is 12.8 Å². The lowest BCUT2D eigenvalue weighted by Crippen LogP contribution is -2.15. The summed E-state index contributed by atoms with van der Waals surface area (Å²) in [6.45, 7) is 1.39. The number of rotatable bonds is 2. The second-order valence-electron chi connectivity index (χ2n) is 2.97. The highest BCUT2D eigenvalue weighted by Gasteiger charge is 2.17. The topological polar surface area (TPSA) is 89.3 Å². The van der Waals surface area contributed by atoms with Crippen LogP contribution in [0.25, 0.3) is 0 Å². The highest BCUT2D eigenvalue weighted by molar-refractivity contribution is 14.1. The molecule has 1 amide bonds. The number of hydrogen-bond donors (Lipinski definition) is 2. The first-order valence-electron chi connectivity index (χ1n) is 4.02. The summed E-state index contributed by atoms with van der Waals surface area (Å²) in [6, 6.07) is 2.90. The number of hydrogen-bond acceptors (Lipinski definition) is 3. The van der Waals surface area contributed by atoms with E-state index < -0.39 is 10.0 Å². The number of halogens is 2. The molecule has 8 heteroatoms. The maximum absolute atomic E-state index is 11.2. The Morgan fingerprint density at radius 2 is 1.88 bits per heavy atom. The molecule has 16 heavy (non-hydrogen) atoms. The molecule has 0 bridgehead atoms. The third-order valence-corrected chi connectivity index (χ3v) is 6.26. The smallest absolute Gasteiger partial charge is 0.239 e. The Kier molecular flexibility index (Phi) is 4.54. The van der Waals surface area contributed by atoms with Gasteiger partial charge in [0.25, 0.3) is 0 Å². The molecule has 0 aliphatic rings. The lowest BCUT2D eigenvalue weighted by atomic mass is 10.3. The van der Waals surface area contributed by atoms with Gasteiger partial charge in [-0.25, -0.2) is 13.6 Å². The molecule has 0 saturated heterocycles. The van der Waals surface area contributed by atoms with Crippen molar-refractivity contribution in [3.8, 4) is 0 Å². The fraction of sp³-hybridized carbons (Fsp3) is 0.125. The number of carbonyl (C=O) groups excluding carboxylic acids is 1. The number of amides is 1. The van der Waals surface area contributed by atoms with E-state index in [1.165, 1.54) is 19.1 Å². The van der Waals surface area contributed by atoms with Gasteiger partial charge in [-0.3, -0.25) is 4.79 Å². The summed E-state index contributed by atoms with van der Waals surface area (Å²) in [7, 11) is -3.73. The summed E-state index contributed by atoms with van der Waals surface area (Å²) < 4.78 is 23.6. The van der Waals surface area contributed by atoms with Crippen LogP contribution in [0.15, 0.2) is 17.0 Å². The quantitative estimate of drug-likeness (QED) is 0.648. The minimum atomic E-state index is -3.73. The maximum atomic E-state index is 11.2. The zero-order chi connectivity index (χ0) is 12.5. The summed E-state index contributed by atoms with van der Waals surface area (Å²) in [5, 5.41) is 7.66. The van der Waals surface area contributed by atoms with Gasteiger partial charge >= 0.3 is 0 Å². The van der Waals surface area contributed by atoms with Gasteiger partial charge in [-0.05, 0) is 57.3 Å². The molecule has 0 aliphatic carbocycles. The number of anilines is 1. The minimum absolute atomic E-state index is 0.0617. The first kappa shape index (κ1) is 14.1. The molecule has 0 aromatic heterocycles. The Morgan fingerprint density at radius 1 is 1.31 bits per heavy atom. The van der Waals surface area contributed by atoms with Crippen LogP contribution in [-0.2, 0) is 14.8 Å². The second kappa shape index (κ2) is 5.14. The number of sulfonamides is 1. The zero-order valence-corrected chi connectivity index (χ0v) is 13.3. The maximum Gasteiger partial charge on any atom is 0.239 e. The van der Waals surface area contributed by atoms with Crippen LogP contribution in [-0.4, -0.2) is 14.3 Å². The Balaban J connectivity index is 3.35. The number of benzene rings is 1. The van der Waals surface area contributed by atoms with Gasteiger partial charge in [-0.2, -0.15) is 0 Å². The van der Waals surface area contributed by atoms with E-state index in [1.54, 1.807) is 0 Å². The number of primary sulfonamides is 1.